The quantitative estimate of drug-likeness (QED) is 0.0164. The predicted octanol–water partition coefficient (Wildman–Crippen LogP) is -11.2. The number of amides is 12. The summed E-state index contributed by atoms with van der Waals surface area (Å²) in [6.45, 7) is 0.472. The van der Waals surface area contributed by atoms with Gasteiger partial charge in [-0.25, -0.2) is 4.79 Å². The number of primary amides is 1. The van der Waals surface area contributed by atoms with E-state index in [1.54, 1.807) is 0 Å². The van der Waals surface area contributed by atoms with E-state index >= 15 is 0 Å². The number of hydrogen-bond donors (Lipinski definition) is 28. The van der Waals surface area contributed by atoms with Crippen molar-refractivity contribution in [3.05, 3.63) is 29.8 Å². The summed E-state index contributed by atoms with van der Waals surface area (Å²) in [5.74, 6) is -14.3. The SMILES string of the molecule is CC(=O)N[C@@H](Cc1ccc(O)cc1)C(=O)NCC(=O)N[C@@H](CCCN=C(N)N)C(=O)N[C@@H](CCCCN)C(=O)N[C@@H](CCCCN)C(=O)N[C@@H](CCCN=C(N)N)C(=O)N[C@@H](CCCN=C(N)N)C(=O)N[C@@H](CCC(N)=O)C(=O)N[C@@H](CCCN=C(N)N)C(=O)N[C@@H](CCCN=C(N)N)C(=O)N[C@@H](CCCN=C(N)N)C(=O)O. The molecule has 1 rings (SSSR count). The van der Waals surface area contributed by atoms with Crippen molar-refractivity contribution in [2.24, 2.45) is 116 Å². The van der Waals surface area contributed by atoms with Gasteiger partial charge in [0.05, 0.1) is 6.54 Å². The van der Waals surface area contributed by atoms with E-state index in [1.807, 2.05) is 0 Å². The summed E-state index contributed by atoms with van der Waals surface area (Å²) >= 11 is 0. The van der Waals surface area contributed by atoms with Gasteiger partial charge in [0.15, 0.2) is 35.8 Å². The number of nitrogens with one attached hydrogen (secondary N) is 11. The zero-order valence-electron chi connectivity index (χ0n) is 63.8. The average molecular weight is 1600 g/mol. The number of benzene rings is 1. The van der Waals surface area contributed by atoms with Crippen molar-refractivity contribution in [2.75, 3.05) is 58.9 Å². The molecule has 634 valence electrons. The number of aromatic hydroxyl groups is 1. The van der Waals surface area contributed by atoms with Gasteiger partial charge in [-0.2, -0.15) is 0 Å². The van der Waals surface area contributed by atoms with Crippen molar-refractivity contribution in [1.29, 1.82) is 0 Å². The van der Waals surface area contributed by atoms with Gasteiger partial charge in [-0.05, 0) is 153 Å². The molecule has 0 bridgehead atoms. The molecule has 12 amide bonds. The fourth-order valence-electron chi connectivity index (χ4n) is 10.7. The monoisotopic (exact) mass is 1600 g/mol. The number of unbranched alkanes of at least 4 members (excludes halogenated alkanes) is 2. The van der Waals surface area contributed by atoms with Crippen LogP contribution in [0.15, 0.2) is 54.2 Å². The van der Waals surface area contributed by atoms with Crippen LogP contribution in [0.2, 0.25) is 0 Å². The number of carboxylic acid groups (broad SMARTS) is 1. The summed E-state index contributed by atoms with van der Waals surface area (Å²) in [7, 11) is 0. The van der Waals surface area contributed by atoms with Gasteiger partial charge in [-0.1, -0.05) is 12.1 Å². The number of rotatable bonds is 59. The van der Waals surface area contributed by atoms with Crippen molar-refractivity contribution in [1.82, 2.24) is 58.5 Å². The highest BCUT2D eigenvalue weighted by molar-refractivity contribution is 5.99. The van der Waals surface area contributed by atoms with Crippen LogP contribution in [0.25, 0.3) is 0 Å². The Morgan fingerprint density at radius 1 is 0.327 bits per heavy atom. The third-order valence-corrected chi connectivity index (χ3v) is 16.4. The molecular formula is C66H120N32O15. The first-order valence-corrected chi connectivity index (χ1v) is 36.8. The van der Waals surface area contributed by atoms with Gasteiger partial charge >= 0.3 is 5.97 Å². The molecule has 0 saturated heterocycles. The number of nitrogens with two attached hydrogens (primary N) is 15. The molecule has 0 heterocycles. The molecule has 47 nitrogen and oxygen atoms in total. The summed E-state index contributed by atoms with van der Waals surface area (Å²) in [4.78, 5) is 204. The lowest BCUT2D eigenvalue weighted by atomic mass is 10.0. The minimum absolute atomic E-state index is 0.00415. The van der Waals surface area contributed by atoms with Gasteiger partial charge in [0.1, 0.15) is 66.2 Å². The third-order valence-electron chi connectivity index (χ3n) is 16.4. The Morgan fingerprint density at radius 3 is 0.841 bits per heavy atom. The van der Waals surface area contributed by atoms with Gasteiger partial charge < -0.3 is 155 Å². The number of aliphatic imine (C=N–C) groups is 6. The maximum atomic E-state index is 14.9. The molecule has 10 atom stereocenters. The second-order valence-corrected chi connectivity index (χ2v) is 26.1. The number of nitrogens with zero attached hydrogens (tertiary/aromatic N) is 6. The first-order chi connectivity index (χ1) is 53.5. The number of hydrogen-bond acceptors (Lipinski definition) is 22. The maximum absolute atomic E-state index is 14.9. The molecule has 47 heteroatoms. The van der Waals surface area contributed by atoms with E-state index in [4.69, 9.17) is 86.0 Å². The van der Waals surface area contributed by atoms with E-state index in [0.29, 0.717) is 18.4 Å². The van der Waals surface area contributed by atoms with Gasteiger partial charge in [-0.3, -0.25) is 87.5 Å². The molecule has 0 spiro atoms. The number of phenols is 1. The zero-order valence-corrected chi connectivity index (χ0v) is 63.8. The lowest BCUT2D eigenvalue weighted by Crippen LogP contribution is -2.60. The van der Waals surface area contributed by atoms with E-state index in [9.17, 15) is 72.5 Å². The summed E-state index contributed by atoms with van der Waals surface area (Å²) < 4.78 is 0. The Morgan fingerprint density at radius 2 is 0.584 bits per heavy atom. The summed E-state index contributed by atoms with van der Waals surface area (Å²) in [5.41, 5.74) is 84.2. The van der Waals surface area contributed by atoms with Crippen LogP contribution in [0.3, 0.4) is 0 Å². The molecule has 0 unspecified atom stereocenters. The van der Waals surface area contributed by atoms with Crippen LogP contribution in [0.4, 0.5) is 0 Å². The fraction of sp³-hybridized carbons (Fsp3) is 0.621. The smallest absolute Gasteiger partial charge is 0.326 e. The van der Waals surface area contributed by atoms with Crippen molar-refractivity contribution < 1.29 is 72.5 Å². The van der Waals surface area contributed by atoms with Crippen LogP contribution >= 0.6 is 0 Å². The Labute approximate surface area is 654 Å². The number of guanidine groups is 6. The molecule has 1 aromatic carbocycles. The number of aliphatic carboxylic acids is 1. The average Bonchev–Trinajstić information content (AvgIpc) is 0.861. The predicted molar refractivity (Wildman–Crippen MR) is 421 cm³/mol. The van der Waals surface area contributed by atoms with Crippen LogP contribution in [0.5, 0.6) is 5.75 Å². The van der Waals surface area contributed by atoms with Crippen LogP contribution in [-0.2, 0) is 68.7 Å². The van der Waals surface area contributed by atoms with Crippen LogP contribution in [-0.4, -0.2) is 242 Å². The lowest BCUT2D eigenvalue weighted by molar-refractivity contribution is -0.142. The summed E-state index contributed by atoms with van der Waals surface area (Å²) in [5, 5.41) is 47.9. The van der Waals surface area contributed by atoms with Gasteiger partial charge in [0, 0.05) is 59.0 Å². The van der Waals surface area contributed by atoms with Crippen LogP contribution < -0.4 is 144 Å². The second kappa shape index (κ2) is 56.0. The van der Waals surface area contributed by atoms with Crippen molar-refractivity contribution >= 4 is 113 Å². The number of carbonyl (C=O) groups is 13. The van der Waals surface area contributed by atoms with E-state index in [1.165, 1.54) is 31.2 Å². The minimum atomic E-state index is -1.74. The third kappa shape index (κ3) is 46.1. The maximum Gasteiger partial charge on any atom is 0.326 e. The normalized spacial score (nSPS) is 13.4. The first kappa shape index (κ1) is 98.7. The molecule has 0 aliphatic heterocycles. The zero-order chi connectivity index (χ0) is 85.0. The van der Waals surface area contributed by atoms with Crippen LogP contribution in [0, 0.1) is 0 Å². The highest BCUT2D eigenvalue weighted by Gasteiger charge is 2.36. The molecule has 0 radical (unpaired) electrons. The molecule has 0 fully saturated rings. The van der Waals surface area contributed by atoms with E-state index in [0.717, 1.165) is 0 Å². The molecule has 0 aliphatic carbocycles. The van der Waals surface area contributed by atoms with Crippen LogP contribution in [0.1, 0.15) is 141 Å². The van der Waals surface area contributed by atoms with E-state index < -0.39 is 157 Å². The van der Waals surface area contributed by atoms with Gasteiger partial charge in [0.2, 0.25) is 70.9 Å². The fourth-order valence-corrected chi connectivity index (χ4v) is 10.7. The molecule has 0 saturated carbocycles. The molecule has 1 aromatic rings. The highest BCUT2D eigenvalue weighted by Crippen LogP contribution is 2.15. The lowest BCUT2D eigenvalue weighted by Gasteiger charge is -2.28. The number of carbonyl (C=O) groups excluding carboxylic acids is 12. The molecule has 0 aromatic heterocycles. The molecule has 43 N–H and O–H groups in total. The standard InChI is InChI=1S/C66H120N32O15/c1-36(99)89-48(34-37-20-22-38(100)23-21-37)51(103)88-35-50(102)90-39(14-6-28-82-61(70)71)52(104)91-40(12-2-4-26-67)53(105)92-41(13-3-5-27-68)54(106)93-42(15-7-29-83-62(72)73)55(107)94-44(17-9-31-85-64(76)77)57(109)97-46(24-25-49(69)101)59(111)96-43(16-8-30-84-63(74)75)56(108)95-45(18-10-32-86-65(78)79)58(110)98-47(60(112)113)19-11-33-87-66(80)81/h20-23,39-48,100H,2-19,24-35,67-68H2,1H3,(H2,69,101)(H,88,103)(H,89,99)(H,90,102)(H,91,104)(H,92,105)(H,93,106)(H,94,107)(H,95,108)(H,96,111)(H,97,109)(H,98,110)(H,112,113)(H4,70,71,82)(H4,72,73,83)(H4,74,75,84)(H4,76,77,85)(H4,78,79,86)(H4,80,81,87)/t39-,40-,41-,42-,43-,44-,45-,46-,47-,48-/m0/s1. The van der Waals surface area contributed by atoms with Crippen molar-refractivity contribution in [3.8, 4) is 5.75 Å². The Hall–Kier alpha value is -12.3. The second-order valence-electron chi connectivity index (χ2n) is 26.1. The summed E-state index contributed by atoms with van der Waals surface area (Å²) in [6.07, 6.45) is -1.17. The number of carboxylic acids is 1. The van der Waals surface area contributed by atoms with E-state index in [-0.39, 0.29) is 203 Å². The van der Waals surface area contributed by atoms with Crippen molar-refractivity contribution in [2.45, 2.75) is 202 Å². The Balaban J connectivity index is 3.92. The largest absolute Gasteiger partial charge is 0.508 e. The summed E-state index contributed by atoms with van der Waals surface area (Å²) in [6, 6.07) is -9.20. The molecular weight excluding hydrogens is 1480 g/mol. The van der Waals surface area contributed by atoms with Gasteiger partial charge in [0.25, 0.3) is 0 Å². The van der Waals surface area contributed by atoms with E-state index in [2.05, 4.69) is 88.4 Å². The van der Waals surface area contributed by atoms with Crippen molar-refractivity contribution in [3.63, 3.8) is 0 Å². The molecule has 113 heavy (non-hydrogen) atoms. The molecule has 0 aliphatic rings. The number of phenolic OH excluding ortho intramolecular Hbond substituents is 1. The highest BCUT2D eigenvalue weighted by atomic mass is 16.4. The Kier molecular flexibility index (Phi) is 48.9. The van der Waals surface area contributed by atoms with Gasteiger partial charge in [-0.15, -0.1) is 0 Å². The topological polar surface area (TPSA) is 859 Å². The minimum Gasteiger partial charge on any atom is -0.508 e. The first-order valence-electron chi connectivity index (χ1n) is 36.8. The Bertz CT molecular complexity index is 3410.